The van der Waals surface area contributed by atoms with Crippen LogP contribution >= 0.6 is 0 Å². The Balaban J connectivity index is 1.94. The second-order valence-corrected chi connectivity index (χ2v) is 5.39. The molecule has 0 aliphatic carbocycles. The van der Waals surface area contributed by atoms with Crippen LogP contribution < -0.4 is 5.32 Å². The summed E-state index contributed by atoms with van der Waals surface area (Å²) in [5.41, 5.74) is 1.73. The van der Waals surface area contributed by atoms with Crippen LogP contribution in [0.4, 0.5) is 0 Å². The standard InChI is InChI=1S/C15H24N2/c1-3-16-15(2)10-7-11-17(13-15)12-14-8-5-4-6-9-14/h4-6,8-9,16H,3,7,10-13H2,1-2H3/t15-/m0/s1. The van der Waals surface area contributed by atoms with Gasteiger partial charge in [-0.05, 0) is 38.4 Å². The van der Waals surface area contributed by atoms with E-state index in [2.05, 4.69) is 54.4 Å². The van der Waals surface area contributed by atoms with Crippen LogP contribution in [-0.4, -0.2) is 30.1 Å². The number of piperidine rings is 1. The number of hydrogen-bond donors (Lipinski definition) is 1. The van der Waals surface area contributed by atoms with Crippen molar-refractivity contribution in [1.82, 2.24) is 10.2 Å². The summed E-state index contributed by atoms with van der Waals surface area (Å²) in [5.74, 6) is 0. The Kier molecular flexibility index (Phi) is 4.19. The van der Waals surface area contributed by atoms with Crippen molar-refractivity contribution in [1.29, 1.82) is 0 Å². The second kappa shape index (κ2) is 5.65. The van der Waals surface area contributed by atoms with Crippen LogP contribution in [0.15, 0.2) is 30.3 Å². The molecule has 94 valence electrons. The van der Waals surface area contributed by atoms with E-state index in [0.717, 1.165) is 19.6 Å². The number of nitrogens with one attached hydrogen (secondary N) is 1. The van der Waals surface area contributed by atoms with Gasteiger partial charge >= 0.3 is 0 Å². The molecule has 1 atom stereocenters. The minimum Gasteiger partial charge on any atom is -0.311 e. The fraction of sp³-hybridized carbons (Fsp3) is 0.600. The summed E-state index contributed by atoms with van der Waals surface area (Å²) >= 11 is 0. The molecule has 1 N–H and O–H groups in total. The Hall–Kier alpha value is -0.860. The van der Waals surface area contributed by atoms with E-state index in [4.69, 9.17) is 0 Å². The molecule has 0 radical (unpaired) electrons. The van der Waals surface area contributed by atoms with E-state index in [0.29, 0.717) is 5.54 Å². The number of hydrogen-bond acceptors (Lipinski definition) is 2. The van der Waals surface area contributed by atoms with Crippen LogP contribution in [0.3, 0.4) is 0 Å². The van der Waals surface area contributed by atoms with E-state index in [1.54, 1.807) is 0 Å². The quantitative estimate of drug-likeness (QED) is 0.858. The predicted molar refractivity (Wildman–Crippen MR) is 73.0 cm³/mol. The van der Waals surface area contributed by atoms with Crippen molar-refractivity contribution in [3.05, 3.63) is 35.9 Å². The first-order chi connectivity index (χ1) is 8.22. The molecule has 0 aromatic heterocycles. The van der Waals surface area contributed by atoms with Gasteiger partial charge < -0.3 is 5.32 Å². The Morgan fingerprint density at radius 2 is 2.06 bits per heavy atom. The molecule has 2 heteroatoms. The fourth-order valence-electron chi connectivity index (χ4n) is 2.89. The number of benzene rings is 1. The van der Waals surface area contributed by atoms with Gasteiger partial charge in [-0.15, -0.1) is 0 Å². The number of likely N-dealkylation sites (N-methyl/N-ethyl adjacent to an activating group) is 1. The molecule has 0 bridgehead atoms. The van der Waals surface area contributed by atoms with E-state index < -0.39 is 0 Å². The van der Waals surface area contributed by atoms with Crippen LogP contribution in [0.25, 0.3) is 0 Å². The zero-order valence-electron chi connectivity index (χ0n) is 11.1. The first-order valence-electron chi connectivity index (χ1n) is 6.73. The monoisotopic (exact) mass is 232 g/mol. The molecule has 1 aliphatic rings. The smallest absolute Gasteiger partial charge is 0.0280 e. The Morgan fingerprint density at radius 1 is 1.29 bits per heavy atom. The van der Waals surface area contributed by atoms with Crippen molar-refractivity contribution < 1.29 is 0 Å². The van der Waals surface area contributed by atoms with Gasteiger partial charge in [0.15, 0.2) is 0 Å². The minimum absolute atomic E-state index is 0.307. The molecule has 1 fully saturated rings. The van der Waals surface area contributed by atoms with Crippen LogP contribution in [0.5, 0.6) is 0 Å². The second-order valence-electron chi connectivity index (χ2n) is 5.39. The Morgan fingerprint density at radius 3 is 2.76 bits per heavy atom. The van der Waals surface area contributed by atoms with Crippen molar-refractivity contribution in [2.75, 3.05) is 19.6 Å². The van der Waals surface area contributed by atoms with E-state index in [1.165, 1.54) is 24.9 Å². The molecule has 1 aromatic carbocycles. The van der Waals surface area contributed by atoms with Gasteiger partial charge in [0.05, 0.1) is 0 Å². The van der Waals surface area contributed by atoms with Gasteiger partial charge in [0.2, 0.25) is 0 Å². The Labute approximate surface area is 105 Å². The average Bonchev–Trinajstić information content (AvgIpc) is 2.30. The first kappa shape index (κ1) is 12.6. The zero-order chi connectivity index (χ0) is 12.1. The summed E-state index contributed by atoms with van der Waals surface area (Å²) in [6.45, 7) is 9.10. The van der Waals surface area contributed by atoms with Crippen LogP contribution in [0.2, 0.25) is 0 Å². The lowest BCUT2D eigenvalue weighted by atomic mass is 9.91. The summed E-state index contributed by atoms with van der Waals surface area (Å²) in [5, 5.41) is 3.63. The molecule has 0 unspecified atom stereocenters. The number of rotatable bonds is 4. The SMILES string of the molecule is CCN[C@@]1(C)CCCN(Cc2ccccc2)C1. The summed E-state index contributed by atoms with van der Waals surface area (Å²) in [6, 6.07) is 10.8. The van der Waals surface area contributed by atoms with Gasteiger partial charge in [-0.1, -0.05) is 37.3 Å². The maximum atomic E-state index is 3.63. The van der Waals surface area contributed by atoms with Crippen LogP contribution in [-0.2, 0) is 6.54 Å². The molecular formula is C15H24N2. The fourth-order valence-corrected chi connectivity index (χ4v) is 2.89. The molecule has 1 aromatic rings. The molecule has 1 aliphatic heterocycles. The lowest BCUT2D eigenvalue weighted by Gasteiger charge is -2.41. The molecule has 0 spiro atoms. The van der Waals surface area contributed by atoms with Crippen molar-refractivity contribution >= 4 is 0 Å². The van der Waals surface area contributed by atoms with Crippen LogP contribution in [0.1, 0.15) is 32.3 Å². The number of likely N-dealkylation sites (tertiary alicyclic amines) is 1. The third-order valence-corrected chi connectivity index (χ3v) is 3.63. The van der Waals surface area contributed by atoms with Gasteiger partial charge in [0, 0.05) is 18.6 Å². The summed E-state index contributed by atoms with van der Waals surface area (Å²) < 4.78 is 0. The largest absolute Gasteiger partial charge is 0.311 e. The summed E-state index contributed by atoms with van der Waals surface area (Å²) in [7, 11) is 0. The van der Waals surface area contributed by atoms with Crippen LogP contribution in [0, 0.1) is 0 Å². The highest BCUT2D eigenvalue weighted by molar-refractivity contribution is 5.14. The maximum Gasteiger partial charge on any atom is 0.0280 e. The third kappa shape index (κ3) is 3.55. The van der Waals surface area contributed by atoms with Gasteiger partial charge in [-0.25, -0.2) is 0 Å². The van der Waals surface area contributed by atoms with Gasteiger partial charge in [-0.3, -0.25) is 4.90 Å². The molecule has 0 amide bonds. The van der Waals surface area contributed by atoms with E-state index in [9.17, 15) is 0 Å². The molecule has 2 rings (SSSR count). The summed E-state index contributed by atoms with van der Waals surface area (Å²) in [4.78, 5) is 2.57. The predicted octanol–water partition coefficient (Wildman–Crippen LogP) is 2.65. The molecule has 2 nitrogen and oxygen atoms in total. The normalized spacial score (nSPS) is 26.0. The molecule has 1 saturated heterocycles. The van der Waals surface area contributed by atoms with E-state index in [1.807, 2.05) is 0 Å². The highest BCUT2D eigenvalue weighted by Gasteiger charge is 2.29. The molecular weight excluding hydrogens is 208 g/mol. The average molecular weight is 232 g/mol. The molecule has 0 saturated carbocycles. The van der Waals surface area contributed by atoms with Gasteiger partial charge in [-0.2, -0.15) is 0 Å². The Bertz CT molecular complexity index is 332. The van der Waals surface area contributed by atoms with E-state index in [-0.39, 0.29) is 0 Å². The minimum atomic E-state index is 0.307. The molecule has 1 heterocycles. The molecule has 17 heavy (non-hydrogen) atoms. The highest BCUT2D eigenvalue weighted by atomic mass is 15.2. The van der Waals surface area contributed by atoms with E-state index >= 15 is 0 Å². The lowest BCUT2D eigenvalue weighted by Crippen LogP contribution is -2.54. The highest BCUT2D eigenvalue weighted by Crippen LogP contribution is 2.21. The first-order valence-corrected chi connectivity index (χ1v) is 6.73. The van der Waals surface area contributed by atoms with Crippen molar-refractivity contribution in [2.45, 2.75) is 38.8 Å². The topological polar surface area (TPSA) is 15.3 Å². The maximum absolute atomic E-state index is 3.63. The van der Waals surface area contributed by atoms with Crippen molar-refractivity contribution in [3.63, 3.8) is 0 Å². The zero-order valence-corrected chi connectivity index (χ0v) is 11.1. The van der Waals surface area contributed by atoms with Gasteiger partial charge in [0.25, 0.3) is 0 Å². The third-order valence-electron chi connectivity index (χ3n) is 3.63. The van der Waals surface area contributed by atoms with Gasteiger partial charge in [0.1, 0.15) is 0 Å². The summed E-state index contributed by atoms with van der Waals surface area (Å²) in [6.07, 6.45) is 2.60. The van der Waals surface area contributed by atoms with Crippen molar-refractivity contribution in [2.24, 2.45) is 0 Å². The number of nitrogens with zero attached hydrogens (tertiary/aromatic N) is 1. The lowest BCUT2D eigenvalue weighted by molar-refractivity contribution is 0.128. The van der Waals surface area contributed by atoms with Crippen molar-refractivity contribution in [3.8, 4) is 0 Å².